The monoisotopic (exact) mass is 316 g/mol. The van der Waals surface area contributed by atoms with Gasteiger partial charge in [-0.3, -0.25) is 9.59 Å². The zero-order chi connectivity index (χ0) is 16.8. The SMILES string of the molecule is CCC(CC)c1cc(C(=O)Nc2cccc(CC(=O)O)c2)on1. The fraction of sp³-hybridized carbons (Fsp3) is 0.353. The van der Waals surface area contributed by atoms with Gasteiger partial charge in [0.25, 0.3) is 5.91 Å². The Balaban J connectivity index is 2.08. The van der Waals surface area contributed by atoms with Gasteiger partial charge in [0.05, 0.1) is 12.1 Å². The molecule has 0 radical (unpaired) electrons. The summed E-state index contributed by atoms with van der Waals surface area (Å²) < 4.78 is 5.12. The van der Waals surface area contributed by atoms with Crippen LogP contribution in [0, 0.1) is 0 Å². The maximum atomic E-state index is 12.2. The van der Waals surface area contributed by atoms with Crippen LogP contribution in [-0.4, -0.2) is 22.1 Å². The average Bonchev–Trinajstić information content (AvgIpc) is 2.98. The van der Waals surface area contributed by atoms with E-state index in [2.05, 4.69) is 24.3 Å². The van der Waals surface area contributed by atoms with Gasteiger partial charge < -0.3 is 14.9 Å². The molecule has 23 heavy (non-hydrogen) atoms. The van der Waals surface area contributed by atoms with E-state index in [1.807, 2.05) is 0 Å². The van der Waals surface area contributed by atoms with Crippen molar-refractivity contribution in [2.75, 3.05) is 5.32 Å². The lowest BCUT2D eigenvalue weighted by Crippen LogP contribution is -2.11. The fourth-order valence-electron chi connectivity index (χ4n) is 2.42. The second-order valence-electron chi connectivity index (χ2n) is 5.35. The lowest BCUT2D eigenvalue weighted by molar-refractivity contribution is -0.136. The standard InChI is InChI=1S/C17H20N2O4/c1-3-12(4-2)14-10-15(23-19-14)17(22)18-13-7-5-6-11(8-13)9-16(20)21/h5-8,10,12H,3-4,9H2,1-2H3,(H,18,22)(H,20,21). The van der Waals surface area contributed by atoms with E-state index in [1.165, 1.54) is 0 Å². The first-order chi connectivity index (χ1) is 11.0. The Hall–Kier alpha value is -2.63. The highest BCUT2D eigenvalue weighted by molar-refractivity contribution is 6.02. The molecule has 0 bridgehead atoms. The van der Waals surface area contributed by atoms with E-state index < -0.39 is 11.9 Å². The van der Waals surface area contributed by atoms with Gasteiger partial charge in [0.1, 0.15) is 0 Å². The zero-order valence-corrected chi connectivity index (χ0v) is 13.2. The first kappa shape index (κ1) is 16.7. The number of benzene rings is 1. The molecule has 2 N–H and O–H groups in total. The molecule has 0 atom stereocenters. The topological polar surface area (TPSA) is 92.4 Å². The number of carbonyl (C=O) groups excluding carboxylic acids is 1. The molecule has 122 valence electrons. The lowest BCUT2D eigenvalue weighted by Gasteiger charge is -2.06. The zero-order valence-electron chi connectivity index (χ0n) is 13.2. The summed E-state index contributed by atoms with van der Waals surface area (Å²) in [5.74, 6) is -0.893. The third kappa shape index (κ3) is 4.42. The Kier molecular flexibility index (Phi) is 5.51. The van der Waals surface area contributed by atoms with Gasteiger partial charge in [-0.25, -0.2) is 0 Å². The van der Waals surface area contributed by atoms with Gasteiger partial charge in [-0.15, -0.1) is 0 Å². The Bertz CT molecular complexity index is 689. The number of carboxylic acids is 1. The van der Waals surface area contributed by atoms with Crippen LogP contribution in [0.15, 0.2) is 34.9 Å². The van der Waals surface area contributed by atoms with Crippen molar-refractivity contribution in [3.8, 4) is 0 Å². The minimum atomic E-state index is -0.918. The molecule has 0 saturated carbocycles. The van der Waals surface area contributed by atoms with Gasteiger partial charge in [0.2, 0.25) is 5.76 Å². The van der Waals surface area contributed by atoms with Gasteiger partial charge in [0.15, 0.2) is 0 Å². The van der Waals surface area contributed by atoms with Crippen LogP contribution in [0.4, 0.5) is 5.69 Å². The van der Waals surface area contributed by atoms with Crippen LogP contribution in [0.1, 0.15) is 54.4 Å². The average molecular weight is 316 g/mol. The number of nitrogens with zero attached hydrogens (tertiary/aromatic N) is 1. The normalized spacial score (nSPS) is 10.7. The Morgan fingerprint density at radius 2 is 2.00 bits per heavy atom. The van der Waals surface area contributed by atoms with Crippen LogP contribution in [0.2, 0.25) is 0 Å². The molecule has 2 aromatic rings. The van der Waals surface area contributed by atoms with E-state index in [0.29, 0.717) is 11.3 Å². The highest BCUT2D eigenvalue weighted by atomic mass is 16.5. The highest BCUT2D eigenvalue weighted by Gasteiger charge is 2.17. The second kappa shape index (κ2) is 7.58. The van der Waals surface area contributed by atoms with Crippen molar-refractivity contribution >= 4 is 17.6 Å². The van der Waals surface area contributed by atoms with Crippen LogP contribution in [-0.2, 0) is 11.2 Å². The van der Waals surface area contributed by atoms with Crippen LogP contribution >= 0.6 is 0 Å². The summed E-state index contributed by atoms with van der Waals surface area (Å²) in [7, 11) is 0. The molecule has 0 unspecified atom stereocenters. The smallest absolute Gasteiger partial charge is 0.307 e. The first-order valence-corrected chi connectivity index (χ1v) is 7.62. The van der Waals surface area contributed by atoms with E-state index in [-0.39, 0.29) is 18.1 Å². The van der Waals surface area contributed by atoms with Crippen LogP contribution in [0.3, 0.4) is 0 Å². The predicted molar refractivity (Wildman–Crippen MR) is 85.6 cm³/mol. The molecular formula is C17H20N2O4. The maximum Gasteiger partial charge on any atom is 0.307 e. The van der Waals surface area contributed by atoms with Crippen molar-refractivity contribution in [1.82, 2.24) is 5.16 Å². The summed E-state index contributed by atoms with van der Waals surface area (Å²) >= 11 is 0. The van der Waals surface area contributed by atoms with E-state index in [0.717, 1.165) is 18.5 Å². The van der Waals surface area contributed by atoms with E-state index >= 15 is 0 Å². The molecule has 0 saturated heterocycles. The molecule has 1 heterocycles. The third-order valence-corrected chi connectivity index (χ3v) is 3.70. The van der Waals surface area contributed by atoms with Crippen molar-refractivity contribution in [1.29, 1.82) is 0 Å². The summed E-state index contributed by atoms with van der Waals surface area (Å²) in [5, 5.41) is 15.5. The first-order valence-electron chi connectivity index (χ1n) is 7.62. The van der Waals surface area contributed by atoms with Crippen molar-refractivity contribution in [2.45, 2.75) is 39.0 Å². The Morgan fingerprint density at radius 1 is 1.26 bits per heavy atom. The maximum absolute atomic E-state index is 12.2. The summed E-state index contributed by atoms with van der Waals surface area (Å²) in [6.45, 7) is 4.13. The molecule has 0 aliphatic heterocycles. The van der Waals surface area contributed by atoms with Crippen molar-refractivity contribution in [3.05, 3.63) is 47.3 Å². The summed E-state index contributed by atoms with van der Waals surface area (Å²) in [5.41, 5.74) is 1.92. The minimum absolute atomic E-state index is 0.0924. The number of anilines is 1. The fourth-order valence-corrected chi connectivity index (χ4v) is 2.42. The number of aromatic nitrogens is 1. The number of carboxylic acid groups (broad SMARTS) is 1. The number of hydrogen-bond donors (Lipinski definition) is 2. The predicted octanol–water partition coefficient (Wildman–Crippen LogP) is 3.46. The largest absolute Gasteiger partial charge is 0.481 e. The van der Waals surface area contributed by atoms with E-state index in [9.17, 15) is 9.59 Å². The number of amides is 1. The molecule has 0 aliphatic rings. The van der Waals surface area contributed by atoms with Gasteiger partial charge >= 0.3 is 5.97 Å². The van der Waals surface area contributed by atoms with Crippen molar-refractivity contribution < 1.29 is 19.2 Å². The molecule has 6 nitrogen and oxygen atoms in total. The summed E-state index contributed by atoms with van der Waals surface area (Å²) in [4.78, 5) is 22.9. The van der Waals surface area contributed by atoms with Crippen LogP contribution in [0.5, 0.6) is 0 Å². The van der Waals surface area contributed by atoms with Gasteiger partial charge in [-0.2, -0.15) is 0 Å². The van der Waals surface area contributed by atoms with Gasteiger partial charge in [-0.05, 0) is 30.5 Å². The Morgan fingerprint density at radius 3 is 2.65 bits per heavy atom. The molecule has 1 aromatic carbocycles. The highest BCUT2D eigenvalue weighted by Crippen LogP contribution is 2.23. The number of hydrogen-bond acceptors (Lipinski definition) is 4. The van der Waals surface area contributed by atoms with Gasteiger partial charge in [0, 0.05) is 17.7 Å². The number of carbonyl (C=O) groups is 2. The van der Waals surface area contributed by atoms with Crippen molar-refractivity contribution in [3.63, 3.8) is 0 Å². The molecular weight excluding hydrogens is 296 g/mol. The van der Waals surface area contributed by atoms with Crippen LogP contribution in [0.25, 0.3) is 0 Å². The van der Waals surface area contributed by atoms with E-state index in [1.54, 1.807) is 30.3 Å². The van der Waals surface area contributed by atoms with Gasteiger partial charge in [-0.1, -0.05) is 31.1 Å². The molecule has 0 spiro atoms. The second-order valence-corrected chi connectivity index (χ2v) is 5.35. The number of aliphatic carboxylic acids is 1. The Labute approximate surface area is 134 Å². The quantitative estimate of drug-likeness (QED) is 0.816. The molecule has 6 heteroatoms. The van der Waals surface area contributed by atoms with E-state index in [4.69, 9.17) is 9.63 Å². The summed E-state index contributed by atoms with van der Waals surface area (Å²) in [6, 6.07) is 8.38. The number of nitrogens with one attached hydrogen (secondary N) is 1. The molecule has 0 aliphatic carbocycles. The molecule has 1 amide bonds. The van der Waals surface area contributed by atoms with Crippen LogP contribution < -0.4 is 5.32 Å². The number of rotatable bonds is 7. The summed E-state index contributed by atoms with van der Waals surface area (Å²) in [6.07, 6.45) is 1.77. The van der Waals surface area contributed by atoms with Crippen molar-refractivity contribution in [2.24, 2.45) is 0 Å². The third-order valence-electron chi connectivity index (χ3n) is 3.70. The lowest BCUT2D eigenvalue weighted by atomic mass is 9.99. The molecule has 2 rings (SSSR count). The molecule has 1 aromatic heterocycles. The minimum Gasteiger partial charge on any atom is -0.481 e. The molecule has 0 fully saturated rings.